The molecule has 1 heterocycles. The largest absolute Gasteiger partial charge is 0.393 e. The monoisotopic (exact) mass is 284 g/mol. The molecule has 1 unspecified atom stereocenters. The Balaban J connectivity index is 2.43. The number of aliphatic hydroxyl groups is 1. The van der Waals surface area contributed by atoms with E-state index in [1.54, 1.807) is 6.92 Å². The van der Waals surface area contributed by atoms with Gasteiger partial charge in [-0.15, -0.1) is 0 Å². The van der Waals surface area contributed by atoms with E-state index in [4.69, 9.17) is 0 Å². The molecule has 0 spiro atoms. The maximum absolute atomic E-state index is 12.2. The van der Waals surface area contributed by atoms with E-state index in [1.165, 1.54) is 6.42 Å². The van der Waals surface area contributed by atoms with Crippen LogP contribution in [0, 0.1) is 10.8 Å². The minimum absolute atomic E-state index is 0.0429. The highest BCUT2D eigenvalue weighted by Gasteiger charge is 2.27. The number of nitrogens with zero attached hydrogens (tertiary/aromatic N) is 1. The minimum atomic E-state index is -0.333. The summed E-state index contributed by atoms with van der Waals surface area (Å²) in [6.45, 7) is 12.8. The van der Waals surface area contributed by atoms with Crippen molar-refractivity contribution in [2.24, 2.45) is 10.8 Å². The van der Waals surface area contributed by atoms with E-state index in [2.05, 4.69) is 33.0 Å². The van der Waals surface area contributed by atoms with Crippen LogP contribution in [-0.2, 0) is 0 Å². The summed E-state index contributed by atoms with van der Waals surface area (Å²) >= 11 is 0. The van der Waals surface area contributed by atoms with Crippen molar-refractivity contribution in [2.45, 2.75) is 66.4 Å². The number of amides is 2. The van der Waals surface area contributed by atoms with Crippen LogP contribution in [0.1, 0.15) is 60.3 Å². The van der Waals surface area contributed by atoms with Gasteiger partial charge in [0.15, 0.2) is 0 Å². The lowest BCUT2D eigenvalue weighted by Crippen LogP contribution is -2.44. The molecule has 1 fully saturated rings. The summed E-state index contributed by atoms with van der Waals surface area (Å²) in [6, 6.07) is 0.0429. The molecule has 2 N–H and O–H groups in total. The summed E-state index contributed by atoms with van der Waals surface area (Å²) in [6.07, 6.45) is 3.69. The van der Waals surface area contributed by atoms with Gasteiger partial charge >= 0.3 is 6.03 Å². The van der Waals surface area contributed by atoms with Crippen molar-refractivity contribution in [1.29, 1.82) is 0 Å². The number of hydrogen-bond donors (Lipinski definition) is 2. The lowest BCUT2D eigenvalue weighted by Gasteiger charge is -2.29. The van der Waals surface area contributed by atoms with Gasteiger partial charge in [-0.25, -0.2) is 4.79 Å². The second-order valence-corrected chi connectivity index (χ2v) is 7.88. The third-order valence-electron chi connectivity index (χ3n) is 4.19. The number of carbonyl (C=O) groups is 1. The highest BCUT2D eigenvalue weighted by molar-refractivity contribution is 5.74. The van der Waals surface area contributed by atoms with E-state index in [1.807, 2.05) is 4.90 Å². The Bertz CT molecular complexity index is 324. The molecule has 1 aliphatic rings. The van der Waals surface area contributed by atoms with Gasteiger partial charge in [-0.3, -0.25) is 0 Å². The van der Waals surface area contributed by atoms with Crippen molar-refractivity contribution < 1.29 is 9.90 Å². The number of hydrogen-bond acceptors (Lipinski definition) is 2. The molecule has 1 atom stereocenters. The molecule has 0 aliphatic carbocycles. The molecule has 118 valence electrons. The van der Waals surface area contributed by atoms with Crippen molar-refractivity contribution in [3.8, 4) is 0 Å². The van der Waals surface area contributed by atoms with E-state index in [-0.39, 0.29) is 17.6 Å². The summed E-state index contributed by atoms with van der Waals surface area (Å²) in [4.78, 5) is 14.2. The van der Waals surface area contributed by atoms with Gasteiger partial charge in [-0.05, 0) is 43.4 Å². The molecule has 0 radical (unpaired) electrons. The fourth-order valence-corrected chi connectivity index (χ4v) is 2.92. The molecular weight excluding hydrogens is 252 g/mol. The van der Waals surface area contributed by atoms with Crippen LogP contribution in [0.25, 0.3) is 0 Å². The van der Waals surface area contributed by atoms with Crippen LogP contribution in [0.5, 0.6) is 0 Å². The maximum Gasteiger partial charge on any atom is 0.317 e. The van der Waals surface area contributed by atoms with Crippen LogP contribution in [0.15, 0.2) is 0 Å². The van der Waals surface area contributed by atoms with Crippen LogP contribution in [0.2, 0.25) is 0 Å². The van der Waals surface area contributed by atoms with E-state index in [0.29, 0.717) is 18.4 Å². The minimum Gasteiger partial charge on any atom is -0.393 e. The average molecular weight is 284 g/mol. The Kier molecular flexibility index (Phi) is 5.87. The van der Waals surface area contributed by atoms with Gasteiger partial charge < -0.3 is 15.3 Å². The first-order chi connectivity index (χ1) is 9.11. The van der Waals surface area contributed by atoms with Gasteiger partial charge in [0.05, 0.1) is 6.10 Å². The quantitative estimate of drug-likeness (QED) is 0.834. The smallest absolute Gasteiger partial charge is 0.317 e. The maximum atomic E-state index is 12.2. The van der Waals surface area contributed by atoms with Gasteiger partial charge in [0.1, 0.15) is 0 Å². The summed E-state index contributed by atoms with van der Waals surface area (Å²) in [5, 5.41) is 12.5. The van der Waals surface area contributed by atoms with Crippen LogP contribution >= 0.6 is 0 Å². The van der Waals surface area contributed by atoms with Gasteiger partial charge in [-0.1, -0.05) is 27.7 Å². The third kappa shape index (κ3) is 6.12. The van der Waals surface area contributed by atoms with E-state index in [9.17, 15) is 9.90 Å². The van der Waals surface area contributed by atoms with Crippen molar-refractivity contribution in [2.75, 3.05) is 19.6 Å². The average Bonchev–Trinajstić information content (AvgIpc) is 2.45. The van der Waals surface area contributed by atoms with Gasteiger partial charge in [0, 0.05) is 19.6 Å². The molecule has 0 bridgehead atoms. The Morgan fingerprint density at radius 3 is 2.60 bits per heavy atom. The molecule has 4 heteroatoms. The Morgan fingerprint density at radius 2 is 2.00 bits per heavy atom. The number of nitrogens with one attached hydrogen (secondary N) is 1. The van der Waals surface area contributed by atoms with Crippen molar-refractivity contribution >= 4 is 6.03 Å². The van der Waals surface area contributed by atoms with Crippen LogP contribution in [0.3, 0.4) is 0 Å². The van der Waals surface area contributed by atoms with E-state index >= 15 is 0 Å². The zero-order valence-corrected chi connectivity index (χ0v) is 13.8. The predicted octanol–water partition coefficient (Wildman–Crippen LogP) is 3.01. The summed E-state index contributed by atoms with van der Waals surface area (Å²) in [5.74, 6) is 0. The SMILES string of the molecule is CC(O)CC(C)(C)CNC(=O)N1CCCC(C)(C)CC1. The molecular formula is C16H32N2O2. The zero-order valence-electron chi connectivity index (χ0n) is 13.8. The summed E-state index contributed by atoms with van der Waals surface area (Å²) < 4.78 is 0. The van der Waals surface area contributed by atoms with E-state index < -0.39 is 0 Å². The van der Waals surface area contributed by atoms with Gasteiger partial charge in [0.25, 0.3) is 0 Å². The van der Waals surface area contributed by atoms with Gasteiger partial charge in [0.2, 0.25) is 0 Å². The second-order valence-electron chi connectivity index (χ2n) is 7.88. The van der Waals surface area contributed by atoms with Crippen LogP contribution in [-0.4, -0.2) is 41.8 Å². The molecule has 20 heavy (non-hydrogen) atoms. The molecule has 1 rings (SSSR count). The molecule has 1 saturated heterocycles. The van der Waals surface area contributed by atoms with Crippen molar-refractivity contribution in [3.05, 3.63) is 0 Å². The lowest BCUT2D eigenvalue weighted by atomic mass is 9.85. The third-order valence-corrected chi connectivity index (χ3v) is 4.19. The standard InChI is InChI=1S/C16H32N2O2/c1-13(19)11-16(4,5)12-17-14(20)18-9-6-7-15(2,3)8-10-18/h13,19H,6-12H2,1-5H3,(H,17,20). The van der Waals surface area contributed by atoms with Crippen molar-refractivity contribution in [3.63, 3.8) is 0 Å². The predicted molar refractivity (Wildman–Crippen MR) is 82.7 cm³/mol. The summed E-state index contributed by atoms with van der Waals surface area (Å²) in [5.41, 5.74) is 0.273. The number of likely N-dealkylation sites (tertiary alicyclic amines) is 1. The number of carbonyl (C=O) groups excluding carboxylic acids is 1. The zero-order chi connectivity index (χ0) is 15.4. The normalized spacial score (nSPS) is 21.2. The van der Waals surface area contributed by atoms with Gasteiger partial charge in [-0.2, -0.15) is 0 Å². The first-order valence-electron chi connectivity index (χ1n) is 7.82. The van der Waals surface area contributed by atoms with Crippen molar-refractivity contribution in [1.82, 2.24) is 10.2 Å². The second kappa shape index (κ2) is 6.79. The molecule has 2 amide bonds. The lowest BCUT2D eigenvalue weighted by molar-refractivity contribution is 0.126. The first kappa shape index (κ1) is 17.3. The van der Waals surface area contributed by atoms with Crippen LogP contribution in [0.4, 0.5) is 4.79 Å². The first-order valence-corrected chi connectivity index (χ1v) is 7.82. The molecule has 0 aromatic heterocycles. The highest BCUT2D eigenvalue weighted by atomic mass is 16.3. The molecule has 0 aromatic rings. The fraction of sp³-hybridized carbons (Fsp3) is 0.938. The Labute approximate surface area is 123 Å². The number of rotatable bonds is 4. The Morgan fingerprint density at radius 1 is 1.35 bits per heavy atom. The highest BCUT2D eigenvalue weighted by Crippen LogP contribution is 2.29. The molecule has 1 aliphatic heterocycles. The van der Waals surface area contributed by atoms with Crippen LogP contribution < -0.4 is 5.32 Å². The molecule has 0 aromatic carbocycles. The molecule has 4 nitrogen and oxygen atoms in total. The topological polar surface area (TPSA) is 52.6 Å². The number of aliphatic hydroxyl groups excluding tert-OH is 1. The fourth-order valence-electron chi connectivity index (χ4n) is 2.92. The number of urea groups is 1. The Hall–Kier alpha value is -0.770. The van der Waals surface area contributed by atoms with E-state index in [0.717, 1.165) is 25.9 Å². The summed E-state index contributed by atoms with van der Waals surface area (Å²) in [7, 11) is 0. The molecule has 0 saturated carbocycles.